The first kappa shape index (κ1) is 18.7. The highest BCUT2D eigenvalue weighted by Crippen LogP contribution is 2.28. The van der Waals surface area contributed by atoms with Crippen molar-refractivity contribution in [1.82, 2.24) is 0 Å². The molecule has 3 rings (SSSR count). The van der Waals surface area contributed by atoms with Crippen LogP contribution in [0.15, 0.2) is 84.9 Å². The highest BCUT2D eigenvalue weighted by atomic mass is 16.5. The van der Waals surface area contributed by atoms with Crippen molar-refractivity contribution < 1.29 is 9.53 Å². The fourth-order valence-electron chi connectivity index (χ4n) is 3.30. The van der Waals surface area contributed by atoms with E-state index in [0.717, 1.165) is 29.9 Å². The Morgan fingerprint density at radius 3 is 1.96 bits per heavy atom. The molecule has 0 aliphatic rings. The van der Waals surface area contributed by atoms with Crippen molar-refractivity contribution in [2.24, 2.45) is 0 Å². The van der Waals surface area contributed by atoms with Crippen molar-refractivity contribution >= 4 is 11.7 Å². The molecule has 3 aromatic rings. The van der Waals surface area contributed by atoms with Gasteiger partial charge in [0.2, 0.25) is 0 Å². The summed E-state index contributed by atoms with van der Waals surface area (Å²) in [5.74, 6) is -0.653. The molecule has 3 nitrogen and oxygen atoms in total. The number of benzene rings is 3. The normalized spacial score (nSPS) is 11.6. The number of esters is 1. The lowest BCUT2D eigenvalue weighted by Gasteiger charge is -2.24. The molecule has 0 bridgehead atoms. The molecular weight excluding hydrogens is 334 g/mol. The molecule has 0 N–H and O–H groups in total. The number of hydrogen-bond donors (Lipinski definition) is 0. The van der Waals surface area contributed by atoms with Gasteiger partial charge in [-0.25, -0.2) is 0 Å². The zero-order valence-electron chi connectivity index (χ0n) is 15.8. The highest BCUT2D eigenvalue weighted by Gasteiger charge is 2.23. The minimum atomic E-state index is -0.408. The average molecular weight is 359 g/mol. The number of hydrogen-bond acceptors (Lipinski definition) is 3. The summed E-state index contributed by atoms with van der Waals surface area (Å²) in [4.78, 5) is 14.7. The molecule has 1 unspecified atom stereocenters. The molecule has 0 heterocycles. The van der Waals surface area contributed by atoms with Crippen molar-refractivity contribution in [2.75, 3.05) is 18.6 Å². The topological polar surface area (TPSA) is 29.5 Å². The van der Waals surface area contributed by atoms with E-state index < -0.39 is 5.92 Å². The van der Waals surface area contributed by atoms with Crippen molar-refractivity contribution in [2.45, 2.75) is 19.4 Å². The van der Waals surface area contributed by atoms with Gasteiger partial charge in [-0.1, -0.05) is 72.8 Å². The molecule has 0 aliphatic carbocycles. The van der Waals surface area contributed by atoms with E-state index in [1.54, 1.807) is 0 Å². The molecule has 0 fully saturated rings. The van der Waals surface area contributed by atoms with E-state index >= 15 is 0 Å². The van der Waals surface area contributed by atoms with Crippen LogP contribution in [0.3, 0.4) is 0 Å². The number of nitrogens with zero attached hydrogens (tertiary/aromatic N) is 1. The SMILES string of the molecule is CCN(Cc1ccccc1)c1ccc(C(C(=O)OC)c2ccccc2)cc1. The summed E-state index contributed by atoms with van der Waals surface area (Å²) >= 11 is 0. The quantitative estimate of drug-likeness (QED) is 0.555. The molecule has 138 valence electrons. The molecule has 0 aliphatic heterocycles. The van der Waals surface area contributed by atoms with E-state index in [2.05, 4.69) is 48.2 Å². The zero-order chi connectivity index (χ0) is 19.1. The standard InChI is InChI=1S/C24H25NO2/c1-3-25(18-19-10-6-4-7-11-19)22-16-14-21(15-17-22)23(24(26)27-2)20-12-8-5-9-13-20/h4-17,23H,3,18H2,1-2H3. The number of carbonyl (C=O) groups excluding carboxylic acids is 1. The summed E-state index contributed by atoms with van der Waals surface area (Å²) < 4.78 is 5.05. The molecule has 0 aromatic heterocycles. The van der Waals surface area contributed by atoms with Gasteiger partial charge in [-0.15, -0.1) is 0 Å². The van der Waals surface area contributed by atoms with Crippen LogP contribution in [0.1, 0.15) is 29.5 Å². The van der Waals surface area contributed by atoms with Crippen LogP contribution in [-0.4, -0.2) is 19.6 Å². The van der Waals surface area contributed by atoms with Crippen molar-refractivity contribution in [3.63, 3.8) is 0 Å². The molecule has 0 saturated carbocycles. The number of anilines is 1. The van der Waals surface area contributed by atoms with Crippen LogP contribution in [0, 0.1) is 0 Å². The molecule has 27 heavy (non-hydrogen) atoms. The molecule has 0 spiro atoms. The second kappa shape index (κ2) is 9.04. The van der Waals surface area contributed by atoms with Gasteiger partial charge in [0.1, 0.15) is 5.92 Å². The monoisotopic (exact) mass is 359 g/mol. The Balaban J connectivity index is 1.85. The van der Waals surface area contributed by atoms with Crippen LogP contribution >= 0.6 is 0 Å². The summed E-state index contributed by atoms with van der Waals surface area (Å²) in [5, 5.41) is 0. The van der Waals surface area contributed by atoms with Crippen molar-refractivity contribution in [3.05, 3.63) is 102 Å². The third kappa shape index (κ3) is 4.56. The van der Waals surface area contributed by atoms with Gasteiger partial charge in [0.25, 0.3) is 0 Å². The van der Waals surface area contributed by atoms with Crippen LogP contribution in [0.4, 0.5) is 5.69 Å². The number of methoxy groups -OCH3 is 1. The van der Waals surface area contributed by atoms with Crippen LogP contribution < -0.4 is 4.90 Å². The van der Waals surface area contributed by atoms with Crippen LogP contribution in [0.5, 0.6) is 0 Å². The minimum absolute atomic E-state index is 0.245. The fourth-order valence-corrected chi connectivity index (χ4v) is 3.30. The highest BCUT2D eigenvalue weighted by molar-refractivity contribution is 5.82. The van der Waals surface area contributed by atoms with Gasteiger partial charge in [-0.3, -0.25) is 4.79 Å². The Bertz CT molecular complexity index is 845. The first-order valence-corrected chi connectivity index (χ1v) is 9.24. The Labute approximate surface area is 161 Å². The Kier molecular flexibility index (Phi) is 6.26. The molecule has 1 atom stereocenters. The molecular formula is C24H25NO2. The summed E-state index contributed by atoms with van der Waals surface area (Å²) in [7, 11) is 1.44. The number of carbonyl (C=O) groups is 1. The second-order valence-corrected chi connectivity index (χ2v) is 6.46. The predicted octanol–water partition coefficient (Wildman–Crippen LogP) is 5.02. The van der Waals surface area contributed by atoms with Crippen LogP contribution in [-0.2, 0) is 16.1 Å². The summed E-state index contributed by atoms with van der Waals surface area (Å²) in [6, 6.07) is 28.4. The van der Waals surface area contributed by atoms with Gasteiger partial charge in [-0.05, 0) is 35.7 Å². The maximum absolute atomic E-state index is 12.4. The molecule has 0 radical (unpaired) electrons. The smallest absolute Gasteiger partial charge is 0.317 e. The van der Waals surface area contributed by atoms with E-state index in [-0.39, 0.29) is 5.97 Å². The number of rotatable bonds is 7. The largest absolute Gasteiger partial charge is 0.468 e. The first-order valence-electron chi connectivity index (χ1n) is 9.24. The van der Waals surface area contributed by atoms with Crippen LogP contribution in [0.2, 0.25) is 0 Å². The van der Waals surface area contributed by atoms with Gasteiger partial charge in [0.15, 0.2) is 0 Å². The molecule has 3 heteroatoms. The van der Waals surface area contributed by atoms with E-state index in [1.807, 2.05) is 48.5 Å². The lowest BCUT2D eigenvalue weighted by Crippen LogP contribution is -2.22. The van der Waals surface area contributed by atoms with Gasteiger partial charge in [0.05, 0.1) is 7.11 Å². The van der Waals surface area contributed by atoms with Crippen molar-refractivity contribution in [1.29, 1.82) is 0 Å². The maximum atomic E-state index is 12.4. The Hall–Kier alpha value is -3.07. The summed E-state index contributed by atoms with van der Waals surface area (Å²) in [6.45, 7) is 3.92. The number of ether oxygens (including phenoxy) is 1. The van der Waals surface area contributed by atoms with Crippen LogP contribution in [0.25, 0.3) is 0 Å². The Morgan fingerprint density at radius 2 is 1.41 bits per heavy atom. The van der Waals surface area contributed by atoms with Crippen molar-refractivity contribution in [3.8, 4) is 0 Å². The lowest BCUT2D eigenvalue weighted by molar-refractivity contribution is -0.141. The second-order valence-electron chi connectivity index (χ2n) is 6.46. The zero-order valence-corrected chi connectivity index (χ0v) is 15.8. The minimum Gasteiger partial charge on any atom is -0.468 e. The maximum Gasteiger partial charge on any atom is 0.317 e. The van der Waals surface area contributed by atoms with E-state index in [1.165, 1.54) is 12.7 Å². The summed E-state index contributed by atoms with van der Waals surface area (Å²) in [5.41, 5.74) is 4.29. The average Bonchev–Trinajstić information content (AvgIpc) is 2.74. The molecule has 0 saturated heterocycles. The third-order valence-electron chi connectivity index (χ3n) is 4.76. The van der Waals surface area contributed by atoms with Gasteiger partial charge in [0, 0.05) is 18.8 Å². The van der Waals surface area contributed by atoms with E-state index in [4.69, 9.17) is 4.74 Å². The predicted molar refractivity (Wildman–Crippen MR) is 110 cm³/mol. The van der Waals surface area contributed by atoms with E-state index in [0.29, 0.717) is 0 Å². The third-order valence-corrected chi connectivity index (χ3v) is 4.76. The van der Waals surface area contributed by atoms with Gasteiger partial charge in [-0.2, -0.15) is 0 Å². The summed E-state index contributed by atoms with van der Waals surface area (Å²) in [6.07, 6.45) is 0. The first-order chi connectivity index (χ1) is 13.2. The fraction of sp³-hybridized carbons (Fsp3) is 0.208. The van der Waals surface area contributed by atoms with Gasteiger partial charge < -0.3 is 9.64 Å². The Morgan fingerprint density at radius 1 is 0.852 bits per heavy atom. The van der Waals surface area contributed by atoms with Gasteiger partial charge >= 0.3 is 5.97 Å². The molecule has 0 amide bonds. The molecule has 3 aromatic carbocycles. The lowest BCUT2D eigenvalue weighted by atomic mass is 9.91. The van der Waals surface area contributed by atoms with E-state index in [9.17, 15) is 4.79 Å².